The summed E-state index contributed by atoms with van der Waals surface area (Å²) in [5.74, 6) is 0.259. The first kappa shape index (κ1) is 11.4. The third-order valence-electron chi connectivity index (χ3n) is 1.91. The van der Waals surface area contributed by atoms with E-state index in [1.807, 2.05) is 0 Å². The molecule has 1 atom stereocenters. The van der Waals surface area contributed by atoms with E-state index >= 15 is 0 Å². The lowest BCUT2D eigenvalue weighted by Crippen LogP contribution is -2.09. The zero-order valence-corrected chi connectivity index (χ0v) is 7.53. The molecular formula is C8H17NO3. The van der Waals surface area contributed by atoms with Gasteiger partial charge < -0.3 is 5.11 Å². The van der Waals surface area contributed by atoms with Crippen LogP contribution in [0.1, 0.15) is 32.6 Å². The second-order valence-corrected chi connectivity index (χ2v) is 3.04. The second-order valence-electron chi connectivity index (χ2n) is 3.04. The Bertz CT molecular complexity index is 127. The van der Waals surface area contributed by atoms with Crippen molar-refractivity contribution in [3.05, 3.63) is 10.1 Å². The lowest BCUT2D eigenvalue weighted by Gasteiger charge is -2.10. The standard InChI is InChI=1S/C8H17NO3/c1-2-4-8(7-10)5-3-6-9(11)12/h8,10H,2-7H2,1H3. The topological polar surface area (TPSA) is 63.4 Å². The molecule has 0 radical (unpaired) electrons. The van der Waals surface area contributed by atoms with Crippen LogP contribution in [0.15, 0.2) is 0 Å². The van der Waals surface area contributed by atoms with E-state index < -0.39 is 0 Å². The van der Waals surface area contributed by atoms with E-state index in [1.54, 1.807) is 0 Å². The summed E-state index contributed by atoms with van der Waals surface area (Å²) in [4.78, 5) is 9.66. The molecular weight excluding hydrogens is 158 g/mol. The van der Waals surface area contributed by atoms with Crippen LogP contribution < -0.4 is 0 Å². The number of hydrogen-bond acceptors (Lipinski definition) is 3. The van der Waals surface area contributed by atoms with Crippen LogP contribution >= 0.6 is 0 Å². The number of aliphatic hydroxyl groups is 1. The van der Waals surface area contributed by atoms with E-state index in [4.69, 9.17) is 5.11 Å². The molecule has 1 N–H and O–H groups in total. The maximum absolute atomic E-state index is 9.97. The molecule has 0 saturated carbocycles. The molecule has 1 unspecified atom stereocenters. The SMILES string of the molecule is CCCC(CO)CCC[N+](=O)[O-]. The molecule has 4 nitrogen and oxygen atoms in total. The maximum atomic E-state index is 9.97. The Kier molecular flexibility index (Phi) is 6.66. The van der Waals surface area contributed by atoms with Gasteiger partial charge in [0, 0.05) is 18.0 Å². The van der Waals surface area contributed by atoms with Crippen molar-refractivity contribution in [3.63, 3.8) is 0 Å². The molecule has 72 valence electrons. The predicted octanol–water partition coefficient (Wildman–Crippen LogP) is 1.45. The Balaban J connectivity index is 3.37. The van der Waals surface area contributed by atoms with Crippen LogP contribution in [0.3, 0.4) is 0 Å². The zero-order chi connectivity index (χ0) is 9.40. The Labute approximate surface area is 72.7 Å². The third-order valence-corrected chi connectivity index (χ3v) is 1.91. The molecule has 0 aromatic carbocycles. The lowest BCUT2D eigenvalue weighted by atomic mass is 9.99. The van der Waals surface area contributed by atoms with Crippen molar-refractivity contribution in [2.24, 2.45) is 5.92 Å². The van der Waals surface area contributed by atoms with E-state index in [0.717, 1.165) is 19.3 Å². The summed E-state index contributed by atoms with van der Waals surface area (Å²) in [6.45, 7) is 2.24. The van der Waals surface area contributed by atoms with Crippen molar-refractivity contribution >= 4 is 0 Å². The minimum atomic E-state index is -0.305. The van der Waals surface area contributed by atoms with Crippen molar-refractivity contribution in [1.29, 1.82) is 0 Å². The van der Waals surface area contributed by atoms with E-state index in [-0.39, 0.29) is 24.0 Å². The van der Waals surface area contributed by atoms with E-state index in [1.165, 1.54) is 0 Å². The highest BCUT2D eigenvalue weighted by molar-refractivity contribution is 4.56. The number of hydrogen-bond donors (Lipinski definition) is 1. The molecule has 4 heteroatoms. The van der Waals surface area contributed by atoms with Crippen molar-refractivity contribution in [1.82, 2.24) is 0 Å². The fourth-order valence-corrected chi connectivity index (χ4v) is 1.24. The number of rotatable bonds is 7. The molecule has 0 aliphatic rings. The van der Waals surface area contributed by atoms with Gasteiger partial charge in [-0.25, -0.2) is 0 Å². The van der Waals surface area contributed by atoms with E-state index in [2.05, 4.69) is 6.92 Å². The minimum absolute atomic E-state index is 0.0280. The van der Waals surface area contributed by atoms with Gasteiger partial charge in [0.15, 0.2) is 0 Å². The van der Waals surface area contributed by atoms with Crippen LogP contribution in [0.5, 0.6) is 0 Å². The highest BCUT2D eigenvalue weighted by atomic mass is 16.6. The average Bonchev–Trinajstić information content (AvgIpc) is 2.02. The molecule has 0 aromatic rings. The molecule has 0 fully saturated rings. The van der Waals surface area contributed by atoms with Crippen molar-refractivity contribution in [3.8, 4) is 0 Å². The molecule has 0 saturated heterocycles. The smallest absolute Gasteiger partial charge is 0.203 e. The maximum Gasteiger partial charge on any atom is 0.203 e. The van der Waals surface area contributed by atoms with Crippen molar-refractivity contribution < 1.29 is 10.0 Å². The molecule has 0 spiro atoms. The molecule has 0 amide bonds. The normalized spacial score (nSPS) is 12.8. The van der Waals surface area contributed by atoms with Gasteiger partial charge >= 0.3 is 0 Å². The van der Waals surface area contributed by atoms with Crippen LogP contribution in [-0.4, -0.2) is 23.2 Å². The van der Waals surface area contributed by atoms with Gasteiger partial charge in [-0.1, -0.05) is 13.3 Å². The van der Waals surface area contributed by atoms with Crippen LogP contribution in [0.4, 0.5) is 0 Å². The van der Waals surface area contributed by atoms with Crippen molar-refractivity contribution in [2.75, 3.05) is 13.2 Å². The van der Waals surface area contributed by atoms with Crippen LogP contribution in [0, 0.1) is 16.0 Å². The number of nitrogens with zero attached hydrogens (tertiary/aromatic N) is 1. The Morgan fingerprint density at radius 2 is 2.17 bits per heavy atom. The minimum Gasteiger partial charge on any atom is -0.396 e. The summed E-state index contributed by atoms with van der Waals surface area (Å²) in [5.41, 5.74) is 0. The average molecular weight is 175 g/mol. The van der Waals surface area contributed by atoms with Crippen LogP contribution in [-0.2, 0) is 0 Å². The zero-order valence-electron chi connectivity index (χ0n) is 7.53. The Hall–Kier alpha value is -0.640. The van der Waals surface area contributed by atoms with Gasteiger partial charge in [0.1, 0.15) is 0 Å². The first-order chi connectivity index (χ1) is 5.70. The molecule has 0 aliphatic carbocycles. The van der Waals surface area contributed by atoms with Gasteiger partial charge in [-0.3, -0.25) is 10.1 Å². The van der Waals surface area contributed by atoms with Gasteiger partial charge in [0.25, 0.3) is 0 Å². The van der Waals surface area contributed by atoms with Gasteiger partial charge in [0.2, 0.25) is 6.54 Å². The Morgan fingerprint density at radius 1 is 1.50 bits per heavy atom. The quantitative estimate of drug-likeness (QED) is 0.470. The van der Waals surface area contributed by atoms with Gasteiger partial charge in [-0.2, -0.15) is 0 Å². The van der Waals surface area contributed by atoms with E-state index in [9.17, 15) is 10.1 Å². The summed E-state index contributed by atoms with van der Waals surface area (Å²) >= 11 is 0. The molecule has 12 heavy (non-hydrogen) atoms. The summed E-state index contributed by atoms with van der Waals surface area (Å²) in [7, 11) is 0. The number of nitro groups is 1. The molecule has 0 aliphatic heterocycles. The summed E-state index contributed by atoms with van der Waals surface area (Å²) in [6.07, 6.45) is 3.35. The summed E-state index contributed by atoms with van der Waals surface area (Å²) < 4.78 is 0. The molecule has 0 heterocycles. The van der Waals surface area contributed by atoms with E-state index in [0.29, 0.717) is 6.42 Å². The first-order valence-corrected chi connectivity index (χ1v) is 4.43. The molecule has 0 bridgehead atoms. The molecule has 0 aromatic heterocycles. The largest absolute Gasteiger partial charge is 0.396 e. The predicted molar refractivity (Wildman–Crippen MR) is 46.6 cm³/mol. The summed E-state index contributed by atoms with van der Waals surface area (Å²) in [6, 6.07) is 0. The molecule has 0 rings (SSSR count). The third kappa shape index (κ3) is 6.09. The monoisotopic (exact) mass is 175 g/mol. The first-order valence-electron chi connectivity index (χ1n) is 4.43. The van der Waals surface area contributed by atoms with Gasteiger partial charge in [-0.05, 0) is 18.8 Å². The van der Waals surface area contributed by atoms with Gasteiger partial charge in [0.05, 0.1) is 0 Å². The highest BCUT2D eigenvalue weighted by Crippen LogP contribution is 2.12. The van der Waals surface area contributed by atoms with Gasteiger partial charge in [-0.15, -0.1) is 0 Å². The van der Waals surface area contributed by atoms with Crippen LogP contribution in [0.2, 0.25) is 0 Å². The Morgan fingerprint density at radius 3 is 2.58 bits per heavy atom. The second kappa shape index (κ2) is 7.03. The lowest BCUT2D eigenvalue weighted by molar-refractivity contribution is -0.480. The highest BCUT2D eigenvalue weighted by Gasteiger charge is 2.07. The fourth-order valence-electron chi connectivity index (χ4n) is 1.24. The van der Waals surface area contributed by atoms with Crippen molar-refractivity contribution in [2.45, 2.75) is 32.6 Å². The van der Waals surface area contributed by atoms with Crippen LogP contribution in [0.25, 0.3) is 0 Å². The number of aliphatic hydroxyl groups excluding tert-OH is 1. The summed E-state index contributed by atoms with van der Waals surface area (Å²) in [5, 5.41) is 18.8. The fraction of sp³-hybridized carbons (Fsp3) is 1.00.